The van der Waals surface area contributed by atoms with Crippen molar-refractivity contribution < 1.29 is 9.47 Å². The number of hydrogen-bond donors (Lipinski definition) is 0. The van der Waals surface area contributed by atoms with E-state index in [-0.39, 0.29) is 16.2 Å². The van der Waals surface area contributed by atoms with Gasteiger partial charge in [0.25, 0.3) is 0 Å². The van der Waals surface area contributed by atoms with Crippen LogP contribution in [0.3, 0.4) is 0 Å². The van der Waals surface area contributed by atoms with Gasteiger partial charge in [-0.2, -0.15) is 0 Å². The SMILES string of the molecule is CC(C)(C)OCC#C[Si](C)(C)C(C)(C)C.CC(C)(C)OCC#C[Si](c1ccccc1)(c1ccccc1)C(C)(C)C. The molecule has 2 aromatic rings. The summed E-state index contributed by atoms with van der Waals surface area (Å²) in [5.74, 6) is 6.55. The van der Waals surface area contributed by atoms with Crippen molar-refractivity contribution in [3.8, 4) is 22.9 Å². The van der Waals surface area contributed by atoms with Crippen molar-refractivity contribution in [3.63, 3.8) is 0 Å². The van der Waals surface area contributed by atoms with Crippen LogP contribution in [0.2, 0.25) is 23.2 Å². The van der Waals surface area contributed by atoms with Gasteiger partial charge in [0.05, 0.1) is 11.2 Å². The fraction of sp³-hybridized carbons (Fsp3) is 0.556. The highest BCUT2D eigenvalue weighted by Crippen LogP contribution is 2.36. The first-order valence-corrected chi connectivity index (χ1v) is 19.5. The van der Waals surface area contributed by atoms with E-state index in [0.717, 1.165) is 0 Å². The van der Waals surface area contributed by atoms with Crippen molar-refractivity contribution in [1.82, 2.24) is 0 Å². The summed E-state index contributed by atoms with van der Waals surface area (Å²) in [4.78, 5) is 0. The van der Waals surface area contributed by atoms with Crippen molar-refractivity contribution in [2.45, 2.75) is 117 Å². The van der Waals surface area contributed by atoms with Crippen molar-refractivity contribution in [2.24, 2.45) is 0 Å². The van der Waals surface area contributed by atoms with Crippen LogP contribution >= 0.6 is 0 Å². The summed E-state index contributed by atoms with van der Waals surface area (Å²) < 4.78 is 11.4. The van der Waals surface area contributed by atoms with E-state index in [9.17, 15) is 0 Å². The zero-order chi connectivity index (χ0) is 30.9. The van der Waals surface area contributed by atoms with Crippen LogP contribution in [0.4, 0.5) is 0 Å². The molecule has 0 fully saturated rings. The zero-order valence-electron chi connectivity index (χ0n) is 28.0. The average molecular weight is 577 g/mol. The lowest BCUT2D eigenvalue weighted by Crippen LogP contribution is -2.63. The van der Waals surface area contributed by atoms with Crippen molar-refractivity contribution in [2.75, 3.05) is 13.2 Å². The Labute approximate surface area is 249 Å². The molecule has 0 atom stereocenters. The molecule has 0 aromatic heterocycles. The van der Waals surface area contributed by atoms with Gasteiger partial charge in [-0.15, -0.1) is 11.1 Å². The van der Waals surface area contributed by atoms with Crippen molar-refractivity contribution in [3.05, 3.63) is 60.7 Å². The maximum absolute atomic E-state index is 5.86. The molecule has 0 aliphatic carbocycles. The Hall–Kier alpha value is -2.09. The third-order valence-electron chi connectivity index (χ3n) is 7.25. The first-order chi connectivity index (χ1) is 18.1. The number of hydrogen-bond acceptors (Lipinski definition) is 2. The fourth-order valence-electron chi connectivity index (χ4n) is 3.86. The van der Waals surface area contributed by atoms with Crippen molar-refractivity contribution in [1.29, 1.82) is 0 Å². The quantitative estimate of drug-likeness (QED) is 0.269. The molecule has 0 N–H and O–H groups in total. The molecule has 0 bridgehead atoms. The lowest BCUT2D eigenvalue weighted by molar-refractivity contribution is 0.0177. The monoisotopic (exact) mass is 576 g/mol. The van der Waals surface area contributed by atoms with Gasteiger partial charge in [0, 0.05) is 0 Å². The Morgan fingerprint density at radius 3 is 1.18 bits per heavy atom. The van der Waals surface area contributed by atoms with E-state index in [2.05, 4.69) is 180 Å². The Balaban J connectivity index is 0.000000459. The standard InChI is InChI=1S/C23H30OSi.C13H26OSi/c1-22(2,3)24-18-13-19-25(23(4,5)6,20-14-9-7-10-15-20)21-16-11-8-12-17-21;1-12(2,3)14-10-9-11-15(7,8)13(4,5)6/h7-12,14-17H,18H2,1-6H3;10H2,1-8H3. The van der Waals surface area contributed by atoms with E-state index < -0.39 is 16.1 Å². The first-order valence-electron chi connectivity index (χ1n) is 14.5. The Morgan fingerprint density at radius 1 is 0.525 bits per heavy atom. The molecular formula is C36H56O2Si2. The van der Waals surface area contributed by atoms with E-state index in [0.29, 0.717) is 18.3 Å². The van der Waals surface area contributed by atoms with Gasteiger partial charge in [0.15, 0.2) is 0 Å². The summed E-state index contributed by atoms with van der Waals surface area (Å²) in [6.07, 6.45) is 0. The van der Waals surface area contributed by atoms with E-state index in [1.165, 1.54) is 10.4 Å². The Bertz CT molecular complexity index is 1110. The van der Waals surface area contributed by atoms with Crippen LogP contribution in [0.15, 0.2) is 60.7 Å². The maximum atomic E-state index is 5.86. The van der Waals surface area contributed by atoms with Crippen LogP contribution in [-0.4, -0.2) is 40.6 Å². The molecule has 0 heterocycles. The molecule has 220 valence electrons. The molecule has 4 heteroatoms. The minimum Gasteiger partial charge on any atom is -0.363 e. The summed E-state index contributed by atoms with van der Waals surface area (Å²) in [6, 6.07) is 21.6. The molecular weight excluding hydrogens is 521 g/mol. The average Bonchev–Trinajstić information content (AvgIpc) is 2.81. The normalized spacial score (nSPS) is 12.8. The van der Waals surface area contributed by atoms with E-state index in [1.54, 1.807) is 0 Å². The number of rotatable bonds is 4. The molecule has 2 nitrogen and oxygen atoms in total. The lowest BCUT2D eigenvalue weighted by atomic mass is 10.2. The molecule has 0 unspecified atom stereocenters. The Morgan fingerprint density at radius 2 is 0.875 bits per heavy atom. The molecule has 2 rings (SSSR count). The van der Waals surface area contributed by atoms with E-state index >= 15 is 0 Å². The summed E-state index contributed by atoms with van der Waals surface area (Å²) in [5.41, 5.74) is 6.93. The summed E-state index contributed by atoms with van der Waals surface area (Å²) in [7, 11) is -3.73. The molecule has 2 aromatic carbocycles. The fourth-order valence-corrected chi connectivity index (χ4v) is 9.20. The van der Waals surface area contributed by atoms with Gasteiger partial charge < -0.3 is 9.47 Å². The highest BCUT2D eigenvalue weighted by atomic mass is 28.3. The number of ether oxygens (including phenoxy) is 2. The van der Waals surface area contributed by atoms with Gasteiger partial charge in [-0.1, -0.05) is 127 Å². The van der Waals surface area contributed by atoms with Gasteiger partial charge in [0.1, 0.15) is 21.3 Å². The molecule has 0 spiro atoms. The zero-order valence-corrected chi connectivity index (χ0v) is 30.0. The summed E-state index contributed by atoms with van der Waals surface area (Å²) in [6.45, 7) is 31.8. The third kappa shape index (κ3) is 11.4. The van der Waals surface area contributed by atoms with Crippen LogP contribution in [0.1, 0.15) is 83.1 Å². The Kier molecular flexibility index (Phi) is 12.8. The highest BCUT2D eigenvalue weighted by molar-refractivity contribution is 7.10. The second-order valence-corrected chi connectivity index (χ2v) is 24.4. The smallest absolute Gasteiger partial charge is 0.204 e. The molecule has 0 amide bonds. The summed E-state index contributed by atoms with van der Waals surface area (Å²) in [5, 5.41) is 3.11. The third-order valence-corrected chi connectivity index (χ3v) is 17.0. The number of benzene rings is 2. The van der Waals surface area contributed by atoms with Crippen LogP contribution in [0.25, 0.3) is 0 Å². The van der Waals surface area contributed by atoms with Crippen LogP contribution in [-0.2, 0) is 9.47 Å². The van der Waals surface area contributed by atoms with E-state index in [4.69, 9.17) is 9.47 Å². The molecule has 0 saturated heterocycles. The predicted molar refractivity (Wildman–Crippen MR) is 182 cm³/mol. The van der Waals surface area contributed by atoms with E-state index in [1.807, 2.05) is 0 Å². The van der Waals surface area contributed by atoms with Gasteiger partial charge >= 0.3 is 0 Å². The predicted octanol–water partition coefficient (Wildman–Crippen LogP) is 8.26. The van der Waals surface area contributed by atoms with Gasteiger partial charge in [-0.05, 0) is 62.0 Å². The van der Waals surface area contributed by atoms with Gasteiger partial charge in [-0.3, -0.25) is 0 Å². The molecule has 0 aliphatic rings. The van der Waals surface area contributed by atoms with Crippen LogP contribution < -0.4 is 10.4 Å². The topological polar surface area (TPSA) is 18.5 Å². The first kappa shape index (κ1) is 35.9. The highest BCUT2D eigenvalue weighted by Gasteiger charge is 2.47. The van der Waals surface area contributed by atoms with Crippen LogP contribution in [0.5, 0.6) is 0 Å². The second kappa shape index (κ2) is 14.2. The molecule has 40 heavy (non-hydrogen) atoms. The van der Waals surface area contributed by atoms with Crippen molar-refractivity contribution >= 4 is 26.5 Å². The largest absolute Gasteiger partial charge is 0.363 e. The second-order valence-electron chi connectivity index (χ2n) is 15.0. The molecule has 0 saturated carbocycles. The minimum absolute atomic E-state index is 0.0600. The minimum atomic E-state index is -2.29. The maximum Gasteiger partial charge on any atom is 0.204 e. The van der Waals surface area contributed by atoms with Gasteiger partial charge in [0.2, 0.25) is 8.07 Å². The molecule has 0 aliphatic heterocycles. The summed E-state index contributed by atoms with van der Waals surface area (Å²) >= 11 is 0. The lowest BCUT2D eigenvalue weighted by Gasteiger charge is -2.39. The van der Waals surface area contributed by atoms with Gasteiger partial charge in [-0.25, -0.2) is 0 Å². The van der Waals surface area contributed by atoms with Crippen LogP contribution in [0, 0.1) is 22.9 Å². The molecule has 0 radical (unpaired) electrons.